The number of carbonyl (C=O) groups is 1. The van der Waals surface area contributed by atoms with Gasteiger partial charge in [0.05, 0.1) is 6.04 Å². The number of phenolic OH excluding ortho intramolecular Hbond substituents is 2. The summed E-state index contributed by atoms with van der Waals surface area (Å²) in [6.45, 7) is 4.13. The molecule has 4 aromatic rings. The molecule has 4 N–H and O–H groups in total. The van der Waals surface area contributed by atoms with E-state index in [1.165, 1.54) is 28.0 Å². The molecule has 5 nitrogen and oxygen atoms in total. The van der Waals surface area contributed by atoms with Gasteiger partial charge in [-0.1, -0.05) is 60.7 Å². The van der Waals surface area contributed by atoms with Crippen LogP contribution in [0.5, 0.6) is 11.5 Å². The van der Waals surface area contributed by atoms with Crippen molar-refractivity contribution in [2.45, 2.75) is 77.3 Å². The van der Waals surface area contributed by atoms with Crippen molar-refractivity contribution in [3.05, 3.63) is 130 Å². The summed E-state index contributed by atoms with van der Waals surface area (Å²) in [6.07, 6.45) is 7.95. The Morgan fingerprint density at radius 3 is 1.67 bits per heavy atom. The van der Waals surface area contributed by atoms with E-state index in [1.54, 1.807) is 24.3 Å². The van der Waals surface area contributed by atoms with Gasteiger partial charge in [-0.05, 0) is 123 Å². The van der Waals surface area contributed by atoms with E-state index in [0.29, 0.717) is 12.2 Å². The maximum Gasteiger partial charge on any atom is 0.163 e. The Labute approximate surface area is 256 Å². The number of Topliss-reactive ketones (excluding diaryl/α,β-unsaturated/α-hetero) is 1. The van der Waals surface area contributed by atoms with Crippen molar-refractivity contribution < 1.29 is 15.0 Å². The molecule has 0 saturated carbocycles. The Morgan fingerprint density at radius 2 is 1.12 bits per heavy atom. The van der Waals surface area contributed by atoms with Crippen molar-refractivity contribution in [3.63, 3.8) is 0 Å². The van der Waals surface area contributed by atoms with Gasteiger partial charge in [-0.25, -0.2) is 0 Å². The predicted octanol–water partition coefficient (Wildman–Crippen LogP) is 8.68. The van der Waals surface area contributed by atoms with E-state index in [2.05, 4.69) is 31.2 Å². The first-order valence-electron chi connectivity index (χ1n) is 15.4. The Hall–Kier alpha value is -4.22. The maximum atomic E-state index is 11.5. The van der Waals surface area contributed by atoms with E-state index in [9.17, 15) is 15.0 Å². The molecule has 2 aliphatic carbocycles. The minimum absolute atomic E-state index is 0.159. The largest absolute Gasteiger partial charge is 0.508 e. The van der Waals surface area contributed by atoms with Crippen molar-refractivity contribution in [2.75, 3.05) is 0 Å². The number of benzene rings is 4. The highest BCUT2D eigenvalue weighted by Crippen LogP contribution is 2.27. The number of nitrogens with zero attached hydrogens (tertiary/aromatic N) is 1. The molecule has 0 spiro atoms. The van der Waals surface area contributed by atoms with Crippen LogP contribution in [0.3, 0.4) is 0 Å². The highest BCUT2D eigenvalue weighted by atomic mass is 16.3. The number of carbonyl (C=O) groups excluding carboxylic acids is 1. The van der Waals surface area contributed by atoms with Gasteiger partial charge in [0.2, 0.25) is 0 Å². The zero-order valence-corrected chi connectivity index (χ0v) is 25.4. The first-order chi connectivity index (χ1) is 20.8. The second kappa shape index (κ2) is 15.9. The van der Waals surface area contributed by atoms with Crippen molar-refractivity contribution in [1.29, 1.82) is 0 Å². The molecule has 0 bridgehead atoms. The molecule has 0 amide bonds. The van der Waals surface area contributed by atoms with Crippen LogP contribution in [0.25, 0.3) is 0 Å². The third-order valence-electron chi connectivity index (χ3n) is 7.96. The average Bonchev–Trinajstić information content (AvgIpc) is 3.33. The average molecular weight is 577 g/mol. The van der Waals surface area contributed by atoms with E-state index in [0.717, 1.165) is 56.1 Å². The van der Waals surface area contributed by atoms with Crippen molar-refractivity contribution in [1.82, 2.24) is 0 Å². The first-order valence-corrected chi connectivity index (χ1v) is 15.4. The lowest BCUT2D eigenvalue weighted by atomic mass is 10.0. The van der Waals surface area contributed by atoms with Gasteiger partial charge in [-0.2, -0.15) is 0 Å². The Bertz CT molecular complexity index is 1500. The second-order valence-electron chi connectivity index (χ2n) is 11.4. The fourth-order valence-corrected chi connectivity index (χ4v) is 5.54. The van der Waals surface area contributed by atoms with Gasteiger partial charge in [-0.3, -0.25) is 9.79 Å². The number of fused-ring (bicyclic) bond motifs is 2. The van der Waals surface area contributed by atoms with Gasteiger partial charge in [0, 0.05) is 23.7 Å². The zero-order chi connectivity index (χ0) is 30.6. The Kier molecular flexibility index (Phi) is 11.7. The standard InChI is InChI=1S/C19H21NO.C11H12O2.C8H11N/c1-14(15-7-3-2-4-8-15)20-19-10-6-5-9-16-13-17(21)11-12-18(16)19;12-9-5-6-10-8(7-9)3-1-2-4-11(10)13;1-7(9)8-5-3-2-4-6-8/h2-4,7-8,11-14,21H,5-6,9-10H2,1H3;5-7,12H,1-4H2;2-7H,9H2,1H3/t14-;;7-/m1.1/s1. The predicted molar refractivity (Wildman–Crippen MR) is 176 cm³/mol. The number of phenols is 2. The van der Waals surface area contributed by atoms with Gasteiger partial charge >= 0.3 is 0 Å². The molecule has 0 aromatic heterocycles. The minimum atomic E-state index is 0.159. The van der Waals surface area contributed by atoms with Crippen molar-refractivity contribution >= 4 is 11.5 Å². The number of aryl methyl sites for hydroxylation is 2. The molecule has 0 radical (unpaired) electrons. The molecular formula is C38H44N2O3. The van der Waals surface area contributed by atoms with Crippen LogP contribution in [0.2, 0.25) is 0 Å². The summed E-state index contributed by atoms with van der Waals surface area (Å²) < 4.78 is 0. The van der Waals surface area contributed by atoms with E-state index in [-0.39, 0.29) is 23.6 Å². The third kappa shape index (κ3) is 9.39. The smallest absolute Gasteiger partial charge is 0.163 e. The fraction of sp³-hybridized carbons (Fsp3) is 0.316. The molecule has 2 atom stereocenters. The fourth-order valence-electron chi connectivity index (χ4n) is 5.54. The summed E-state index contributed by atoms with van der Waals surface area (Å²) in [5.74, 6) is 0.826. The lowest BCUT2D eigenvalue weighted by Crippen LogP contribution is -2.04. The molecule has 0 unspecified atom stereocenters. The molecule has 43 heavy (non-hydrogen) atoms. The number of aliphatic imine (C=N–C) groups is 1. The number of nitrogens with two attached hydrogens (primary N) is 1. The summed E-state index contributed by atoms with van der Waals surface area (Å²) in [6, 6.07) is 31.5. The van der Waals surface area contributed by atoms with Gasteiger partial charge < -0.3 is 15.9 Å². The van der Waals surface area contributed by atoms with Gasteiger partial charge in [-0.15, -0.1) is 0 Å². The highest BCUT2D eigenvalue weighted by Gasteiger charge is 2.16. The molecule has 224 valence electrons. The summed E-state index contributed by atoms with van der Waals surface area (Å²) in [7, 11) is 0. The van der Waals surface area contributed by atoms with Crippen LogP contribution < -0.4 is 5.73 Å². The monoisotopic (exact) mass is 576 g/mol. The summed E-state index contributed by atoms with van der Waals surface area (Å²) >= 11 is 0. The van der Waals surface area contributed by atoms with Crippen LogP contribution in [0.4, 0.5) is 0 Å². The first kappa shape index (κ1) is 31.7. The Balaban J connectivity index is 0.000000163. The van der Waals surface area contributed by atoms with Crippen molar-refractivity contribution in [2.24, 2.45) is 10.7 Å². The molecule has 2 aliphatic rings. The number of hydrogen-bond acceptors (Lipinski definition) is 5. The topological polar surface area (TPSA) is 95.9 Å². The van der Waals surface area contributed by atoms with Crippen LogP contribution in [0.1, 0.15) is 103 Å². The van der Waals surface area contributed by atoms with Gasteiger partial charge in [0.15, 0.2) is 5.78 Å². The zero-order valence-electron chi connectivity index (χ0n) is 25.4. The lowest BCUT2D eigenvalue weighted by molar-refractivity contribution is 0.0982. The van der Waals surface area contributed by atoms with Crippen LogP contribution in [0.15, 0.2) is 102 Å². The number of ketones is 1. The lowest BCUT2D eigenvalue weighted by Gasteiger charge is -2.13. The summed E-state index contributed by atoms with van der Waals surface area (Å²) in [5.41, 5.74) is 13.5. The Morgan fingerprint density at radius 1 is 0.628 bits per heavy atom. The molecular weight excluding hydrogens is 532 g/mol. The van der Waals surface area contributed by atoms with Gasteiger partial charge in [0.25, 0.3) is 0 Å². The summed E-state index contributed by atoms with van der Waals surface area (Å²) in [4.78, 5) is 16.5. The van der Waals surface area contributed by atoms with E-state index >= 15 is 0 Å². The third-order valence-corrected chi connectivity index (χ3v) is 7.96. The second-order valence-corrected chi connectivity index (χ2v) is 11.4. The van der Waals surface area contributed by atoms with Crippen LogP contribution >= 0.6 is 0 Å². The highest BCUT2D eigenvalue weighted by molar-refractivity contribution is 6.02. The molecule has 0 aliphatic heterocycles. The molecule has 4 aromatic carbocycles. The summed E-state index contributed by atoms with van der Waals surface area (Å²) in [5, 5.41) is 18.9. The molecule has 0 heterocycles. The maximum absolute atomic E-state index is 11.5. The molecule has 0 saturated heterocycles. The molecule has 5 heteroatoms. The van der Waals surface area contributed by atoms with Crippen molar-refractivity contribution in [3.8, 4) is 11.5 Å². The number of rotatable bonds is 3. The normalized spacial score (nSPS) is 16.5. The van der Waals surface area contributed by atoms with E-state index in [1.807, 2.05) is 55.5 Å². The van der Waals surface area contributed by atoms with Gasteiger partial charge in [0.1, 0.15) is 11.5 Å². The molecule has 0 fully saturated rings. The molecule has 6 rings (SSSR count). The van der Waals surface area contributed by atoms with Crippen LogP contribution in [-0.2, 0) is 12.8 Å². The number of aromatic hydroxyl groups is 2. The van der Waals surface area contributed by atoms with Crippen LogP contribution in [0, 0.1) is 0 Å². The quantitative estimate of drug-likeness (QED) is 0.213. The number of hydrogen-bond donors (Lipinski definition) is 3. The SMILES string of the molecule is C[C@@H](N)c1ccccc1.C[C@@H](N=C1CCCCc2cc(O)ccc21)c1ccccc1.O=C1CCCCc2cc(O)ccc21. The van der Waals surface area contributed by atoms with E-state index in [4.69, 9.17) is 10.7 Å². The van der Waals surface area contributed by atoms with E-state index < -0.39 is 0 Å². The van der Waals surface area contributed by atoms with Crippen LogP contribution in [-0.4, -0.2) is 21.7 Å². The minimum Gasteiger partial charge on any atom is -0.508 e.